The molecule has 0 amide bonds. The van der Waals surface area contributed by atoms with Gasteiger partial charge in [0.1, 0.15) is 11.5 Å². The van der Waals surface area contributed by atoms with Crippen molar-refractivity contribution in [3.05, 3.63) is 24.0 Å². The largest absolute Gasteiger partial charge is 0.382 e. The molecular formula is C12H19N5. The van der Waals surface area contributed by atoms with Crippen LogP contribution in [0.4, 0.5) is 5.69 Å². The topological polar surface area (TPSA) is 69.2 Å². The molecule has 92 valence electrons. The van der Waals surface area contributed by atoms with E-state index in [4.69, 9.17) is 11.1 Å². The van der Waals surface area contributed by atoms with Gasteiger partial charge in [0.2, 0.25) is 0 Å². The fourth-order valence-corrected chi connectivity index (χ4v) is 2.13. The number of pyridine rings is 1. The van der Waals surface area contributed by atoms with Crippen molar-refractivity contribution in [1.82, 2.24) is 9.88 Å². The Morgan fingerprint density at radius 2 is 2.29 bits per heavy atom. The van der Waals surface area contributed by atoms with Gasteiger partial charge in [-0.15, -0.1) is 0 Å². The van der Waals surface area contributed by atoms with E-state index in [1.807, 2.05) is 12.1 Å². The van der Waals surface area contributed by atoms with E-state index in [-0.39, 0.29) is 5.84 Å². The molecule has 2 rings (SSSR count). The highest BCUT2D eigenvalue weighted by atomic mass is 15.3. The zero-order chi connectivity index (χ0) is 12.4. The number of likely N-dealkylation sites (N-methyl/N-ethyl adjacent to an activating group) is 1. The summed E-state index contributed by atoms with van der Waals surface area (Å²) in [5, 5.41) is 7.56. The maximum atomic E-state index is 7.56. The predicted octanol–water partition coefficient (Wildman–Crippen LogP) is 0.506. The summed E-state index contributed by atoms with van der Waals surface area (Å²) in [5.41, 5.74) is 7.13. The van der Waals surface area contributed by atoms with Crippen molar-refractivity contribution < 1.29 is 0 Å². The van der Waals surface area contributed by atoms with Crippen molar-refractivity contribution in [3.63, 3.8) is 0 Å². The van der Waals surface area contributed by atoms with Gasteiger partial charge in [-0.05, 0) is 26.1 Å². The van der Waals surface area contributed by atoms with E-state index in [0.717, 1.165) is 25.3 Å². The molecule has 0 aliphatic carbocycles. The molecule has 1 aliphatic heterocycles. The average Bonchev–Trinajstić information content (AvgIpc) is 2.32. The summed E-state index contributed by atoms with van der Waals surface area (Å²) < 4.78 is 0. The number of anilines is 1. The first kappa shape index (κ1) is 11.9. The van der Waals surface area contributed by atoms with Gasteiger partial charge < -0.3 is 15.5 Å². The summed E-state index contributed by atoms with van der Waals surface area (Å²) in [4.78, 5) is 8.78. The Balaban J connectivity index is 2.25. The summed E-state index contributed by atoms with van der Waals surface area (Å²) in [6.07, 6.45) is 1.68. The Bertz CT molecular complexity index is 417. The minimum Gasteiger partial charge on any atom is -0.382 e. The molecule has 0 spiro atoms. The molecule has 1 aromatic heterocycles. The molecule has 0 bridgehead atoms. The van der Waals surface area contributed by atoms with Crippen molar-refractivity contribution in [2.24, 2.45) is 5.73 Å². The molecule has 1 aromatic rings. The quantitative estimate of drug-likeness (QED) is 0.577. The van der Waals surface area contributed by atoms with Crippen molar-refractivity contribution in [3.8, 4) is 0 Å². The summed E-state index contributed by atoms with van der Waals surface area (Å²) in [6, 6.07) is 4.38. The van der Waals surface area contributed by atoms with Crippen LogP contribution in [0.3, 0.4) is 0 Å². The fourth-order valence-electron chi connectivity index (χ4n) is 2.13. The third-order valence-electron chi connectivity index (χ3n) is 3.34. The van der Waals surface area contributed by atoms with Crippen LogP contribution in [-0.4, -0.2) is 48.4 Å². The Hall–Kier alpha value is -1.62. The number of aromatic nitrogens is 1. The first-order valence-corrected chi connectivity index (χ1v) is 5.84. The molecule has 3 N–H and O–H groups in total. The van der Waals surface area contributed by atoms with Crippen molar-refractivity contribution >= 4 is 11.5 Å². The molecule has 1 saturated heterocycles. The molecule has 1 atom stereocenters. The van der Waals surface area contributed by atoms with E-state index in [1.165, 1.54) is 0 Å². The van der Waals surface area contributed by atoms with Gasteiger partial charge in [-0.25, -0.2) is 0 Å². The van der Waals surface area contributed by atoms with Crippen LogP contribution in [0.15, 0.2) is 18.3 Å². The second kappa shape index (κ2) is 4.71. The highest BCUT2D eigenvalue weighted by Gasteiger charge is 2.23. The van der Waals surface area contributed by atoms with Crippen molar-refractivity contribution in [2.45, 2.75) is 13.0 Å². The highest BCUT2D eigenvalue weighted by molar-refractivity contribution is 5.98. The summed E-state index contributed by atoms with van der Waals surface area (Å²) >= 11 is 0. The number of rotatable bonds is 2. The lowest BCUT2D eigenvalue weighted by molar-refractivity contribution is 0.234. The van der Waals surface area contributed by atoms with Gasteiger partial charge in [0.25, 0.3) is 0 Å². The van der Waals surface area contributed by atoms with Gasteiger partial charge in [0.05, 0.1) is 5.69 Å². The van der Waals surface area contributed by atoms with E-state index in [9.17, 15) is 0 Å². The number of nitrogens with one attached hydrogen (secondary N) is 1. The fraction of sp³-hybridized carbons (Fsp3) is 0.500. The summed E-state index contributed by atoms with van der Waals surface area (Å²) in [6.45, 7) is 5.12. The second-order valence-corrected chi connectivity index (χ2v) is 4.56. The molecule has 5 nitrogen and oxygen atoms in total. The molecule has 17 heavy (non-hydrogen) atoms. The maximum Gasteiger partial charge on any atom is 0.143 e. The lowest BCUT2D eigenvalue weighted by Gasteiger charge is -2.39. The Morgan fingerprint density at radius 1 is 1.53 bits per heavy atom. The van der Waals surface area contributed by atoms with Crippen molar-refractivity contribution in [2.75, 3.05) is 31.6 Å². The van der Waals surface area contributed by atoms with Gasteiger partial charge in [0, 0.05) is 31.9 Å². The van der Waals surface area contributed by atoms with Crippen LogP contribution in [0, 0.1) is 5.41 Å². The number of amidine groups is 1. The van der Waals surface area contributed by atoms with Crippen LogP contribution in [-0.2, 0) is 0 Å². The lowest BCUT2D eigenvalue weighted by atomic mass is 10.1. The normalized spacial score (nSPS) is 21.5. The zero-order valence-corrected chi connectivity index (χ0v) is 10.3. The molecule has 1 unspecified atom stereocenters. The van der Waals surface area contributed by atoms with Gasteiger partial charge in [-0.2, -0.15) is 0 Å². The first-order valence-electron chi connectivity index (χ1n) is 5.84. The van der Waals surface area contributed by atoms with E-state index >= 15 is 0 Å². The third-order valence-corrected chi connectivity index (χ3v) is 3.34. The molecule has 0 radical (unpaired) electrons. The molecule has 2 heterocycles. The Kier molecular flexibility index (Phi) is 3.28. The number of hydrogen-bond donors (Lipinski definition) is 2. The summed E-state index contributed by atoms with van der Waals surface area (Å²) in [5.74, 6) is 0.0344. The predicted molar refractivity (Wildman–Crippen MR) is 69.6 cm³/mol. The molecular weight excluding hydrogens is 214 g/mol. The number of nitrogen functional groups attached to an aromatic ring is 1. The smallest absolute Gasteiger partial charge is 0.143 e. The van der Waals surface area contributed by atoms with Crippen LogP contribution in [0.2, 0.25) is 0 Å². The monoisotopic (exact) mass is 233 g/mol. The molecule has 1 fully saturated rings. The Morgan fingerprint density at radius 3 is 2.94 bits per heavy atom. The first-order chi connectivity index (χ1) is 8.09. The van der Waals surface area contributed by atoms with Crippen LogP contribution < -0.4 is 10.6 Å². The lowest BCUT2D eigenvalue weighted by Crippen LogP contribution is -2.50. The van der Waals surface area contributed by atoms with Crippen LogP contribution in [0.25, 0.3) is 0 Å². The number of hydrogen-bond acceptors (Lipinski definition) is 4. The van der Waals surface area contributed by atoms with Crippen LogP contribution in [0.5, 0.6) is 0 Å². The molecule has 0 aromatic carbocycles. The molecule has 1 aliphatic rings. The standard InChI is InChI=1S/C12H19N5/c1-9-8-17(7-6-16(9)2)10-4-3-5-15-11(10)12(13)14/h3-5,9H,6-8H2,1-2H3,(H3,13,14). The Labute approximate surface area is 102 Å². The van der Waals surface area contributed by atoms with Gasteiger partial charge >= 0.3 is 0 Å². The average molecular weight is 233 g/mol. The minimum atomic E-state index is 0.0344. The van der Waals surface area contributed by atoms with E-state index < -0.39 is 0 Å². The SMILES string of the molecule is CC1CN(c2cccnc2C(=N)N)CCN1C. The molecule has 0 saturated carbocycles. The third kappa shape index (κ3) is 2.39. The van der Waals surface area contributed by atoms with Gasteiger partial charge in [0.15, 0.2) is 0 Å². The number of piperazine rings is 1. The highest BCUT2D eigenvalue weighted by Crippen LogP contribution is 2.21. The van der Waals surface area contributed by atoms with E-state index in [1.54, 1.807) is 6.20 Å². The second-order valence-electron chi connectivity index (χ2n) is 4.56. The van der Waals surface area contributed by atoms with E-state index in [0.29, 0.717) is 11.7 Å². The maximum absolute atomic E-state index is 7.56. The van der Waals surface area contributed by atoms with Gasteiger partial charge in [-0.3, -0.25) is 10.4 Å². The van der Waals surface area contributed by atoms with Crippen molar-refractivity contribution in [1.29, 1.82) is 5.41 Å². The van der Waals surface area contributed by atoms with Crippen LogP contribution >= 0.6 is 0 Å². The van der Waals surface area contributed by atoms with Crippen LogP contribution in [0.1, 0.15) is 12.6 Å². The van der Waals surface area contributed by atoms with E-state index in [2.05, 4.69) is 28.8 Å². The number of nitrogens with two attached hydrogens (primary N) is 1. The number of nitrogens with zero attached hydrogens (tertiary/aromatic N) is 3. The zero-order valence-electron chi connectivity index (χ0n) is 10.3. The van der Waals surface area contributed by atoms with Gasteiger partial charge in [-0.1, -0.05) is 0 Å². The summed E-state index contributed by atoms with van der Waals surface area (Å²) in [7, 11) is 2.14. The molecule has 5 heteroatoms. The minimum absolute atomic E-state index is 0.0344.